The highest BCUT2D eigenvalue weighted by Crippen LogP contribution is 2.38. The summed E-state index contributed by atoms with van der Waals surface area (Å²) in [4.78, 5) is 27.4. The molecule has 1 aliphatic heterocycles. The summed E-state index contributed by atoms with van der Waals surface area (Å²) in [5.41, 5.74) is 0.753. The van der Waals surface area contributed by atoms with Gasteiger partial charge in [0.05, 0.1) is 27.9 Å². The number of piperazine rings is 1. The smallest absolute Gasteiger partial charge is 0.409 e. The fourth-order valence-corrected chi connectivity index (χ4v) is 2.79. The van der Waals surface area contributed by atoms with Crippen LogP contribution in [0, 0.1) is 0 Å². The zero-order chi connectivity index (χ0) is 19.8. The summed E-state index contributed by atoms with van der Waals surface area (Å²) < 4.78 is 20.9. The van der Waals surface area contributed by atoms with Crippen LogP contribution >= 0.6 is 0 Å². The molecular weight excluding hydrogens is 352 g/mol. The Balaban J connectivity index is 2.02. The van der Waals surface area contributed by atoms with E-state index in [0.29, 0.717) is 50.0 Å². The minimum Gasteiger partial charge on any atom is -0.493 e. The first kappa shape index (κ1) is 20.4. The summed E-state index contributed by atoms with van der Waals surface area (Å²) in [5.74, 6) is 1.42. The highest BCUT2D eigenvalue weighted by molar-refractivity contribution is 5.92. The second-order valence-electron chi connectivity index (χ2n) is 5.80. The van der Waals surface area contributed by atoms with Gasteiger partial charge in [-0.25, -0.2) is 4.79 Å². The third kappa shape index (κ3) is 5.06. The Morgan fingerprint density at radius 3 is 2.00 bits per heavy atom. The van der Waals surface area contributed by atoms with Gasteiger partial charge < -0.3 is 28.7 Å². The molecular formula is C19H26N2O6. The second-order valence-corrected chi connectivity index (χ2v) is 5.80. The van der Waals surface area contributed by atoms with Crippen LogP contribution in [0.1, 0.15) is 12.5 Å². The Bertz CT molecular complexity index is 670. The predicted octanol–water partition coefficient (Wildman–Crippen LogP) is 2.03. The molecule has 0 aliphatic carbocycles. The van der Waals surface area contributed by atoms with Crippen LogP contribution in [-0.2, 0) is 9.53 Å². The van der Waals surface area contributed by atoms with Crippen molar-refractivity contribution < 1.29 is 28.5 Å². The Labute approximate surface area is 159 Å². The topological polar surface area (TPSA) is 77.5 Å². The summed E-state index contributed by atoms with van der Waals surface area (Å²) in [6.45, 7) is 3.97. The van der Waals surface area contributed by atoms with E-state index in [1.54, 1.807) is 49.2 Å². The second kappa shape index (κ2) is 9.70. The quantitative estimate of drug-likeness (QED) is 0.705. The van der Waals surface area contributed by atoms with Gasteiger partial charge in [-0.2, -0.15) is 0 Å². The molecule has 0 atom stereocenters. The molecule has 1 fully saturated rings. The van der Waals surface area contributed by atoms with E-state index >= 15 is 0 Å². The van der Waals surface area contributed by atoms with E-state index in [2.05, 4.69) is 0 Å². The third-order valence-corrected chi connectivity index (χ3v) is 4.22. The van der Waals surface area contributed by atoms with Crippen molar-refractivity contribution >= 4 is 18.1 Å². The maximum absolute atomic E-state index is 12.4. The zero-order valence-electron chi connectivity index (χ0n) is 16.2. The third-order valence-electron chi connectivity index (χ3n) is 4.22. The van der Waals surface area contributed by atoms with Crippen LogP contribution in [0.5, 0.6) is 17.2 Å². The molecule has 1 aromatic carbocycles. The highest BCUT2D eigenvalue weighted by Gasteiger charge is 2.23. The first-order valence-electron chi connectivity index (χ1n) is 8.72. The number of benzene rings is 1. The van der Waals surface area contributed by atoms with Crippen molar-refractivity contribution in [1.29, 1.82) is 0 Å². The number of amides is 2. The number of methoxy groups -OCH3 is 3. The van der Waals surface area contributed by atoms with Gasteiger partial charge in [-0.05, 0) is 30.7 Å². The Morgan fingerprint density at radius 1 is 0.963 bits per heavy atom. The number of hydrogen-bond acceptors (Lipinski definition) is 6. The lowest BCUT2D eigenvalue weighted by Gasteiger charge is -2.33. The minimum atomic E-state index is -0.336. The van der Waals surface area contributed by atoms with Crippen LogP contribution in [-0.4, -0.2) is 75.9 Å². The molecule has 0 unspecified atom stereocenters. The van der Waals surface area contributed by atoms with Gasteiger partial charge in [0.15, 0.2) is 11.5 Å². The van der Waals surface area contributed by atoms with Gasteiger partial charge >= 0.3 is 6.09 Å². The number of nitrogens with zero attached hydrogens (tertiary/aromatic N) is 2. The molecule has 2 amide bonds. The van der Waals surface area contributed by atoms with E-state index in [0.717, 1.165) is 5.56 Å². The fourth-order valence-electron chi connectivity index (χ4n) is 2.79. The largest absolute Gasteiger partial charge is 0.493 e. The Hall–Kier alpha value is -2.90. The maximum Gasteiger partial charge on any atom is 0.409 e. The molecule has 27 heavy (non-hydrogen) atoms. The van der Waals surface area contributed by atoms with Gasteiger partial charge in [-0.3, -0.25) is 4.79 Å². The van der Waals surface area contributed by atoms with Crippen molar-refractivity contribution in [3.05, 3.63) is 23.8 Å². The predicted molar refractivity (Wildman–Crippen MR) is 100 cm³/mol. The van der Waals surface area contributed by atoms with E-state index in [1.165, 1.54) is 13.2 Å². The molecule has 0 N–H and O–H groups in total. The van der Waals surface area contributed by atoms with Gasteiger partial charge in [0, 0.05) is 32.3 Å². The van der Waals surface area contributed by atoms with Crippen molar-refractivity contribution in [2.45, 2.75) is 6.92 Å². The molecule has 1 heterocycles. The first-order valence-corrected chi connectivity index (χ1v) is 8.72. The van der Waals surface area contributed by atoms with E-state index < -0.39 is 0 Å². The normalized spacial score (nSPS) is 14.2. The molecule has 0 spiro atoms. The van der Waals surface area contributed by atoms with Crippen LogP contribution in [0.3, 0.4) is 0 Å². The summed E-state index contributed by atoms with van der Waals surface area (Å²) in [6.07, 6.45) is 2.86. The standard InChI is InChI=1S/C19H26N2O6/c1-5-27-19(23)21-10-8-20(9-11-21)17(22)7-6-14-12-15(24-2)18(26-4)16(13-14)25-3/h6-7,12-13H,5,8-11H2,1-4H3. The molecule has 0 aromatic heterocycles. The molecule has 148 valence electrons. The van der Waals surface area contributed by atoms with Crippen molar-refractivity contribution in [1.82, 2.24) is 9.80 Å². The lowest BCUT2D eigenvalue weighted by Crippen LogP contribution is -2.50. The van der Waals surface area contributed by atoms with Crippen LogP contribution in [0.2, 0.25) is 0 Å². The van der Waals surface area contributed by atoms with Gasteiger partial charge in [0.25, 0.3) is 0 Å². The minimum absolute atomic E-state index is 0.118. The Morgan fingerprint density at radius 2 is 1.52 bits per heavy atom. The SMILES string of the molecule is CCOC(=O)N1CCN(C(=O)C=Cc2cc(OC)c(OC)c(OC)c2)CC1. The first-order chi connectivity index (χ1) is 13.0. The lowest BCUT2D eigenvalue weighted by atomic mass is 10.1. The summed E-state index contributed by atoms with van der Waals surface area (Å²) in [6, 6.07) is 3.54. The van der Waals surface area contributed by atoms with E-state index in [9.17, 15) is 9.59 Å². The lowest BCUT2D eigenvalue weighted by molar-refractivity contribution is -0.127. The van der Waals surface area contributed by atoms with Crippen molar-refractivity contribution in [3.63, 3.8) is 0 Å². The van der Waals surface area contributed by atoms with E-state index in [4.69, 9.17) is 18.9 Å². The molecule has 0 radical (unpaired) electrons. The molecule has 8 nitrogen and oxygen atoms in total. The number of hydrogen-bond donors (Lipinski definition) is 0. The number of rotatable bonds is 6. The summed E-state index contributed by atoms with van der Waals surface area (Å²) >= 11 is 0. The summed E-state index contributed by atoms with van der Waals surface area (Å²) in [7, 11) is 4.62. The van der Waals surface area contributed by atoms with Crippen molar-refractivity contribution in [3.8, 4) is 17.2 Å². The van der Waals surface area contributed by atoms with Crippen LogP contribution < -0.4 is 14.2 Å². The molecule has 0 saturated carbocycles. The highest BCUT2D eigenvalue weighted by atomic mass is 16.6. The van der Waals surface area contributed by atoms with Crippen molar-refractivity contribution in [2.24, 2.45) is 0 Å². The average molecular weight is 378 g/mol. The van der Waals surface area contributed by atoms with Gasteiger partial charge in [0.1, 0.15) is 0 Å². The van der Waals surface area contributed by atoms with Gasteiger partial charge in [-0.15, -0.1) is 0 Å². The zero-order valence-corrected chi connectivity index (χ0v) is 16.2. The molecule has 0 bridgehead atoms. The van der Waals surface area contributed by atoms with Crippen molar-refractivity contribution in [2.75, 3.05) is 54.1 Å². The summed E-state index contributed by atoms with van der Waals surface area (Å²) in [5, 5.41) is 0. The molecule has 1 saturated heterocycles. The number of ether oxygens (including phenoxy) is 4. The monoisotopic (exact) mass is 378 g/mol. The van der Waals surface area contributed by atoms with Gasteiger partial charge in [0.2, 0.25) is 11.7 Å². The van der Waals surface area contributed by atoms with Crippen LogP contribution in [0.4, 0.5) is 4.79 Å². The molecule has 1 aliphatic rings. The maximum atomic E-state index is 12.4. The molecule has 1 aromatic rings. The Kier molecular flexibility index (Phi) is 7.34. The van der Waals surface area contributed by atoms with Crippen LogP contribution in [0.15, 0.2) is 18.2 Å². The average Bonchev–Trinajstić information content (AvgIpc) is 2.71. The number of carbonyl (C=O) groups is 2. The molecule has 2 rings (SSSR count). The van der Waals surface area contributed by atoms with E-state index in [-0.39, 0.29) is 12.0 Å². The molecule has 8 heteroatoms. The van der Waals surface area contributed by atoms with Gasteiger partial charge in [-0.1, -0.05) is 0 Å². The fraction of sp³-hybridized carbons (Fsp3) is 0.474. The van der Waals surface area contributed by atoms with Crippen LogP contribution in [0.25, 0.3) is 6.08 Å². The van der Waals surface area contributed by atoms with E-state index in [1.807, 2.05) is 0 Å². The number of carbonyl (C=O) groups excluding carboxylic acids is 2.